The normalized spacial score (nSPS) is 12.3. The molecule has 220 valence electrons. The molecule has 0 radical (unpaired) electrons. The maximum absolute atomic E-state index is 14.1. The number of nitrogens with one attached hydrogen (secondary N) is 1. The van der Waals surface area contributed by atoms with E-state index < -0.39 is 28.5 Å². The number of hydrogen-bond donors (Lipinski definition) is 1. The molecule has 1 N–H and O–H groups in total. The quantitative estimate of drug-likeness (QED) is 0.253. The number of nitrogens with zero attached hydrogens (tertiary/aromatic N) is 2. The lowest BCUT2D eigenvalue weighted by atomic mass is 10.0. The van der Waals surface area contributed by atoms with Crippen molar-refractivity contribution >= 4 is 39.1 Å². The van der Waals surface area contributed by atoms with Gasteiger partial charge < -0.3 is 10.2 Å². The molecule has 0 fully saturated rings. The molecule has 3 aromatic carbocycles. The van der Waals surface area contributed by atoms with Crippen LogP contribution in [0.25, 0.3) is 0 Å². The molecule has 1 unspecified atom stereocenters. The highest BCUT2D eigenvalue weighted by Gasteiger charge is 2.33. The third kappa shape index (κ3) is 8.57. The van der Waals surface area contributed by atoms with E-state index in [4.69, 9.17) is 11.6 Å². The van der Waals surface area contributed by atoms with Gasteiger partial charge in [-0.2, -0.15) is 0 Å². The van der Waals surface area contributed by atoms with Crippen molar-refractivity contribution in [2.75, 3.05) is 17.4 Å². The second-order valence-electron chi connectivity index (χ2n) is 10.8. The van der Waals surface area contributed by atoms with Gasteiger partial charge in [-0.3, -0.25) is 13.9 Å². The Morgan fingerprint density at radius 2 is 1.49 bits per heavy atom. The summed E-state index contributed by atoms with van der Waals surface area (Å²) in [5, 5.41) is 3.49. The highest BCUT2D eigenvalue weighted by molar-refractivity contribution is 7.92. The standard InChI is InChI=1S/C32H40ClN3O4S/c1-6-30(32(38)34-20-23(2)3)35(21-25-12-16-27(33)17-13-25)31(37)22-36(28-18-14-26(15-19-28)24(4)5)41(39,40)29-10-8-7-9-11-29/h7-19,23-24,30H,6,20-22H2,1-5H3,(H,34,38). The van der Waals surface area contributed by atoms with Crippen LogP contribution in [0.4, 0.5) is 5.69 Å². The van der Waals surface area contributed by atoms with E-state index in [1.54, 1.807) is 54.6 Å². The van der Waals surface area contributed by atoms with Crippen LogP contribution >= 0.6 is 11.6 Å². The highest BCUT2D eigenvalue weighted by Crippen LogP contribution is 2.27. The summed E-state index contributed by atoms with van der Waals surface area (Å²) in [6.45, 7) is 10.1. The van der Waals surface area contributed by atoms with E-state index in [1.807, 2.05) is 32.9 Å². The largest absolute Gasteiger partial charge is 0.354 e. The molecular formula is C32H40ClN3O4S. The average Bonchev–Trinajstić information content (AvgIpc) is 2.96. The van der Waals surface area contributed by atoms with E-state index in [1.165, 1.54) is 17.0 Å². The predicted octanol–water partition coefficient (Wildman–Crippen LogP) is 6.24. The van der Waals surface area contributed by atoms with Crippen molar-refractivity contribution in [1.29, 1.82) is 0 Å². The molecule has 9 heteroatoms. The van der Waals surface area contributed by atoms with E-state index >= 15 is 0 Å². The number of hydrogen-bond acceptors (Lipinski definition) is 4. The zero-order valence-electron chi connectivity index (χ0n) is 24.4. The fourth-order valence-electron chi connectivity index (χ4n) is 4.40. The monoisotopic (exact) mass is 597 g/mol. The second-order valence-corrected chi connectivity index (χ2v) is 13.1. The first kappa shape index (κ1) is 32.2. The number of halogens is 1. The van der Waals surface area contributed by atoms with Gasteiger partial charge in [-0.25, -0.2) is 8.42 Å². The summed E-state index contributed by atoms with van der Waals surface area (Å²) >= 11 is 6.08. The zero-order valence-corrected chi connectivity index (χ0v) is 26.0. The Balaban J connectivity index is 2.04. The van der Waals surface area contributed by atoms with E-state index in [-0.39, 0.29) is 29.2 Å². The summed E-state index contributed by atoms with van der Waals surface area (Å²) in [5.74, 6) is -0.271. The Kier molecular flexibility index (Phi) is 11.4. The van der Waals surface area contributed by atoms with Crippen molar-refractivity contribution in [3.8, 4) is 0 Å². The lowest BCUT2D eigenvalue weighted by Crippen LogP contribution is -2.52. The van der Waals surface area contributed by atoms with Crippen LogP contribution in [0.3, 0.4) is 0 Å². The number of carbonyl (C=O) groups is 2. The number of carbonyl (C=O) groups excluding carboxylic acids is 2. The topological polar surface area (TPSA) is 86.8 Å². The minimum atomic E-state index is -4.10. The second kappa shape index (κ2) is 14.5. The average molecular weight is 598 g/mol. The third-order valence-electron chi connectivity index (χ3n) is 6.79. The molecule has 0 heterocycles. The van der Waals surface area contributed by atoms with Gasteiger partial charge in [0.15, 0.2) is 0 Å². The summed E-state index contributed by atoms with van der Waals surface area (Å²) in [4.78, 5) is 28.9. The summed E-state index contributed by atoms with van der Waals surface area (Å²) in [7, 11) is -4.10. The maximum Gasteiger partial charge on any atom is 0.264 e. The molecule has 0 aliphatic carbocycles. The lowest BCUT2D eigenvalue weighted by molar-refractivity contribution is -0.140. The van der Waals surface area contributed by atoms with Crippen LogP contribution < -0.4 is 9.62 Å². The first-order valence-electron chi connectivity index (χ1n) is 13.9. The van der Waals surface area contributed by atoms with Crippen molar-refractivity contribution in [1.82, 2.24) is 10.2 Å². The SMILES string of the molecule is CCC(C(=O)NCC(C)C)N(Cc1ccc(Cl)cc1)C(=O)CN(c1ccc(C(C)C)cc1)S(=O)(=O)c1ccccc1. The van der Waals surface area contributed by atoms with Gasteiger partial charge in [-0.15, -0.1) is 0 Å². The van der Waals surface area contributed by atoms with Crippen LogP contribution in [0, 0.1) is 5.92 Å². The van der Waals surface area contributed by atoms with Gasteiger partial charge in [0.25, 0.3) is 10.0 Å². The van der Waals surface area contributed by atoms with Crippen molar-refractivity contribution in [2.45, 2.75) is 64.4 Å². The molecule has 3 rings (SSSR count). The summed E-state index contributed by atoms with van der Waals surface area (Å²) < 4.78 is 29.0. The summed E-state index contributed by atoms with van der Waals surface area (Å²) in [6.07, 6.45) is 0.359. The van der Waals surface area contributed by atoms with Gasteiger partial charge in [0, 0.05) is 18.1 Å². The van der Waals surface area contributed by atoms with Crippen LogP contribution in [0.15, 0.2) is 83.8 Å². The van der Waals surface area contributed by atoms with Gasteiger partial charge in [0.1, 0.15) is 12.6 Å². The van der Waals surface area contributed by atoms with Crippen LogP contribution in [0.2, 0.25) is 5.02 Å². The molecule has 0 saturated carbocycles. The molecule has 0 aromatic heterocycles. The molecule has 7 nitrogen and oxygen atoms in total. The van der Waals surface area contributed by atoms with E-state index in [2.05, 4.69) is 19.2 Å². The van der Waals surface area contributed by atoms with Gasteiger partial charge in [-0.05, 0) is 65.8 Å². The lowest BCUT2D eigenvalue weighted by Gasteiger charge is -2.33. The number of benzene rings is 3. The van der Waals surface area contributed by atoms with Crippen molar-refractivity contribution in [2.24, 2.45) is 5.92 Å². The van der Waals surface area contributed by atoms with Gasteiger partial charge in [0.05, 0.1) is 10.6 Å². The van der Waals surface area contributed by atoms with Crippen LogP contribution in [0.5, 0.6) is 0 Å². The van der Waals surface area contributed by atoms with Gasteiger partial charge >= 0.3 is 0 Å². The molecule has 0 saturated heterocycles. The van der Waals surface area contributed by atoms with E-state index in [9.17, 15) is 18.0 Å². The van der Waals surface area contributed by atoms with Gasteiger partial charge in [-0.1, -0.05) is 88.7 Å². The molecule has 0 aliphatic heterocycles. The fourth-order valence-corrected chi connectivity index (χ4v) is 5.96. The van der Waals surface area contributed by atoms with E-state index in [0.29, 0.717) is 23.7 Å². The number of sulfonamides is 1. The third-order valence-corrected chi connectivity index (χ3v) is 8.83. The molecule has 3 aromatic rings. The Morgan fingerprint density at radius 1 is 0.878 bits per heavy atom. The maximum atomic E-state index is 14.1. The first-order valence-corrected chi connectivity index (χ1v) is 15.7. The Morgan fingerprint density at radius 3 is 2.02 bits per heavy atom. The Hall–Kier alpha value is -3.36. The molecule has 0 aliphatic rings. The molecular weight excluding hydrogens is 558 g/mol. The number of rotatable bonds is 13. The molecule has 0 bridgehead atoms. The van der Waals surface area contributed by atoms with Crippen molar-refractivity contribution in [3.05, 3.63) is 95.0 Å². The fraction of sp³-hybridized carbons (Fsp3) is 0.375. The molecule has 41 heavy (non-hydrogen) atoms. The number of anilines is 1. The highest BCUT2D eigenvalue weighted by atomic mass is 35.5. The van der Waals surface area contributed by atoms with E-state index in [0.717, 1.165) is 15.4 Å². The van der Waals surface area contributed by atoms with Gasteiger partial charge in [0.2, 0.25) is 11.8 Å². The Bertz CT molecular complexity index is 1390. The predicted molar refractivity (Wildman–Crippen MR) is 165 cm³/mol. The first-order chi connectivity index (χ1) is 19.4. The van der Waals surface area contributed by atoms with Crippen molar-refractivity contribution in [3.63, 3.8) is 0 Å². The number of amides is 2. The Labute approximate surface area is 249 Å². The summed E-state index contributed by atoms with van der Waals surface area (Å²) in [6, 6.07) is 21.5. The van der Waals surface area contributed by atoms with Crippen molar-refractivity contribution < 1.29 is 18.0 Å². The molecule has 1 atom stereocenters. The van der Waals surface area contributed by atoms with Crippen LogP contribution in [-0.2, 0) is 26.2 Å². The smallest absolute Gasteiger partial charge is 0.264 e. The zero-order chi connectivity index (χ0) is 30.2. The van der Waals surface area contributed by atoms with Crippen LogP contribution in [-0.4, -0.2) is 44.3 Å². The molecule has 0 spiro atoms. The minimum Gasteiger partial charge on any atom is -0.354 e. The van der Waals surface area contributed by atoms with Crippen LogP contribution in [0.1, 0.15) is 58.1 Å². The minimum absolute atomic E-state index is 0.0757. The molecule has 2 amide bonds. The summed E-state index contributed by atoms with van der Waals surface area (Å²) in [5.41, 5.74) is 2.20.